The summed E-state index contributed by atoms with van der Waals surface area (Å²) >= 11 is 0. The summed E-state index contributed by atoms with van der Waals surface area (Å²) in [6.45, 7) is 0.550. The molecule has 0 atom stereocenters. The third-order valence-corrected chi connectivity index (χ3v) is 1.78. The number of hydrazine groups is 1. The normalized spacial score (nSPS) is 17.2. The van der Waals surface area contributed by atoms with Crippen molar-refractivity contribution < 1.29 is 5.21 Å². The van der Waals surface area contributed by atoms with E-state index in [4.69, 9.17) is 0 Å². The summed E-state index contributed by atoms with van der Waals surface area (Å²) in [7, 11) is 0. The van der Waals surface area contributed by atoms with E-state index in [1.165, 1.54) is 0 Å². The molecule has 1 aromatic carbocycles. The van der Waals surface area contributed by atoms with Gasteiger partial charge in [0.15, 0.2) is 0 Å². The molecule has 0 bridgehead atoms. The number of nitrogens with zero attached hydrogens (tertiary/aromatic N) is 2. The van der Waals surface area contributed by atoms with Gasteiger partial charge in [0.1, 0.15) is 0 Å². The predicted octanol–water partition coefficient (Wildman–Crippen LogP) is 1.63. The Morgan fingerprint density at radius 2 is 1.92 bits per heavy atom. The molecule has 0 amide bonds. The maximum Gasteiger partial charge on any atom is 0.0654 e. The molecule has 12 heavy (non-hydrogen) atoms. The van der Waals surface area contributed by atoms with Crippen LogP contribution in [-0.2, 0) is 0 Å². The maximum absolute atomic E-state index is 9.34. The van der Waals surface area contributed by atoms with Crippen molar-refractivity contribution in [1.29, 1.82) is 0 Å². The van der Waals surface area contributed by atoms with Crippen molar-refractivity contribution in [1.82, 2.24) is 5.17 Å². The van der Waals surface area contributed by atoms with E-state index in [0.717, 1.165) is 10.9 Å². The fraction of sp³-hybridized carbons (Fsp3) is 0.111. The molecular formula is C9H10N2O. The largest absolute Gasteiger partial charge is 0.294 e. The Morgan fingerprint density at radius 1 is 1.17 bits per heavy atom. The van der Waals surface area contributed by atoms with Crippen LogP contribution in [0.25, 0.3) is 0 Å². The summed E-state index contributed by atoms with van der Waals surface area (Å²) in [6, 6.07) is 9.72. The average molecular weight is 162 g/mol. The minimum Gasteiger partial charge on any atom is -0.294 e. The zero-order chi connectivity index (χ0) is 8.39. The molecule has 3 heteroatoms. The van der Waals surface area contributed by atoms with Crippen LogP contribution in [0.15, 0.2) is 42.6 Å². The van der Waals surface area contributed by atoms with Crippen molar-refractivity contribution in [2.75, 3.05) is 11.6 Å². The van der Waals surface area contributed by atoms with E-state index in [9.17, 15) is 5.21 Å². The number of benzene rings is 1. The van der Waals surface area contributed by atoms with Crippen LogP contribution in [-0.4, -0.2) is 16.9 Å². The topological polar surface area (TPSA) is 26.7 Å². The molecule has 0 fully saturated rings. The lowest BCUT2D eigenvalue weighted by molar-refractivity contribution is -0.0750. The Labute approximate surface area is 71.1 Å². The van der Waals surface area contributed by atoms with Gasteiger partial charge in [0.25, 0.3) is 0 Å². The third-order valence-electron chi connectivity index (χ3n) is 1.78. The molecule has 1 aliphatic heterocycles. The number of hydrogen-bond donors (Lipinski definition) is 1. The first kappa shape index (κ1) is 7.34. The average Bonchev–Trinajstić information content (AvgIpc) is 2.53. The molecule has 0 saturated heterocycles. The fourth-order valence-electron chi connectivity index (χ4n) is 1.21. The van der Waals surface area contributed by atoms with Gasteiger partial charge in [0.05, 0.1) is 12.2 Å². The van der Waals surface area contributed by atoms with Crippen LogP contribution in [0.4, 0.5) is 5.69 Å². The van der Waals surface area contributed by atoms with Crippen LogP contribution in [0.2, 0.25) is 0 Å². The van der Waals surface area contributed by atoms with Crippen molar-refractivity contribution in [2.24, 2.45) is 0 Å². The minimum atomic E-state index is 0.550. The van der Waals surface area contributed by atoms with E-state index in [1.807, 2.05) is 42.6 Å². The summed E-state index contributed by atoms with van der Waals surface area (Å²) in [5, 5.41) is 12.2. The van der Waals surface area contributed by atoms with Gasteiger partial charge in [-0.2, -0.15) is 0 Å². The molecule has 1 aromatic rings. The summed E-state index contributed by atoms with van der Waals surface area (Å²) < 4.78 is 0. The number of para-hydroxylation sites is 1. The smallest absolute Gasteiger partial charge is 0.0654 e. The van der Waals surface area contributed by atoms with Gasteiger partial charge in [-0.15, -0.1) is 0 Å². The van der Waals surface area contributed by atoms with E-state index >= 15 is 0 Å². The van der Waals surface area contributed by atoms with E-state index in [-0.39, 0.29) is 0 Å². The van der Waals surface area contributed by atoms with Crippen LogP contribution >= 0.6 is 0 Å². The molecule has 0 unspecified atom stereocenters. The summed E-state index contributed by atoms with van der Waals surface area (Å²) in [6.07, 6.45) is 3.74. The van der Waals surface area contributed by atoms with Crippen molar-refractivity contribution >= 4 is 5.69 Å². The monoisotopic (exact) mass is 162 g/mol. The van der Waals surface area contributed by atoms with Gasteiger partial charge in [-0.3, -0.25) is 10.2 Å². The van der Waals surface area contributed by atoms with Crippen LogP contribution < -0.4 is 5.01 Å². The molecule has 3 nitrogen and oxygen atoms in total. The zero-order valence-electron chi connectivity index (χ0n) is 6.59. The van der Waals surface area contributed by atoms with E-state index in [1.54, 1.807) is 5.01 Å². The molecule has 62 valence electrons. The second-order valence-corrected chi connectivity index (χ2v) is 2.62. The number of rotatable bonds is 1. The van der Waals surface area contributed by atoms with Gasteiger partial charge in [0, 0.05) is 6.20 Å². The molecule has 1 aliphatic rings. The van der Waals surface area contributed by atoms with Gasteiger partial charge in [0.2, 0.25) is 0 Å². The highest BCUT2D eigenvalue weighted by molar-refractivity contribution is 5.48. The van der Waals surface area contributed by atoms with Crippen LogP contribution in [0.3, 0.4) is 0 Å². The molecule has 1 heterocycles. The fourth-order valence-corrected chi connectivity index (χ4v) is 1.21. The van der Waals surface area contributed by atoms with Gasteiger partial charge < -0.3 is 0 Å². The second kappa shape index (κ2) is 2.97. The first-order valence-corrected chi connectivity index (χ1v) is 3.85. The second-order valence-electron chi connectivity index (χ2n) is 2.62. The van der Waals surface area contributed by atoms with Crippen molar-refractivity contribution in [3.8, 4) is 0 Å². The highest BCUT2D eigenvalue weighted by Crippen LogP contribution is 2.17. The molecule has 0 aliphatic carbocycles. The third kappa shape index (κ3) is 1.20. The van der Waals surface area contributed by atoms with E-state index in [0.29, 0.717) is 6.54 Å². The van der Waals surface area contributed by atoms with Crippen molar-refractivity contribution in [2.45, 2.75) is 0 Å². The Hall–Kier alpha value is -1.32. The predicted molar refractivity (Wildman–Crippen MR) is 46.6 cm³/mol. The molecule has 0 aromatic heterocycles. The van der Waals surface area contributed by atoms with Gasteiger partial charge >= 0.3 is 0 Å². The lowest BCUT2D eigenvalue weighted by Crippen LogP contribution is -2.31. The van der Waals surface area contributed by atoms with Crippen molar-refractivity contribution in [3.63, 3.8) is 0 Å². The minimum absolute atomic E-state index is 0.550. The lowest BCUT2D eigenvalue weighted by atomic mass is 10.3. The number of anilines is 1. The van der Waals surface area contributed by atoms with Gasteiger partial charge in [-0.05, 0) is 18.2 Å². The quantitative estimate of drug-likeness (QED) is 0.679. The number of hydrogen-bond acceptors (Lipinski definition) is 3. The standard InChI is InChI=1S/C9H10N2O/c12-11-8-4-7-10(11)9-5-2-1-3-6-9/h1-7,12H,8H2. The van der Waals surface area contributed by atoms with Crippen molar-refractivity contribution in [3.05, 3.63) is 42.6 Å². The highest BCUT2D eigenvalue weighted by Gasteiger charge is 2.13. The first-order valence-electron chi connectivity index (χ1n) is 3.85. The Balaban J connectivity index is 2.25. The SMILES string of the molecule is ON1CC=CN1c1ccccc1. The van der Waals surface area contributed by atoms with Gasteiger partial charge in [-0.1, -0.05) is 23.4 Å². The lowest BCUT2D eigenvalue weighted by Gasteiger charge is -2.22. The van der Waals surface area contributed by atoms with Crippen LogP contribution in [0.1, 0.15) is 0 Å². The Kier molecular flexibility index (Phi) is 1.81. The molecule has 0 radical (unpaired) electrons. The van der Waals surface area contributed by atoms with E-state index in [2.05, 4.69) is 0 Å². The van der Waals surface area contributed by atoms with Crippen LogP contribution in [0.5, 0.6) is 0 Å². The van der Waals surface area contributed by atoms with E-state index < -0.39 is 0 Å². The highest BCUT2D eigenvalue weighted by atomic mass is 16.5. The first-order chi connectivity index (χ1) is 5.88. The Bertz CT molecular complexity index is 284. The zero-order valence-corrected chi connectivity index (χ0v) is 6.59. The molecule has 0 spiro atoms. The molecular weight excluding hydrogens is 152 g/mol. The Morgan fingerprint density at radius 3 is 2.50 bits per heavy atom. The maximum atomic E-state index is 9.34. The summed E-state index contributed by atoms with van der Waals surface area (Å²) in [4.78, 5) is 0. The summed E-state index contributed by atoms with van der Waals surface area (Å²) in [5.41, 5.74) is 0.966. The molecule has 0 saturated carbocycles. The van der Waals surface area contributed by atoms with Gasteiger partial charge in [-0.25, -0.2) is 0 Å². The summed E-state index contributed by atoms with van der Waals surface area (Å²) in [5.74, 6) is 0. The number of hydroxylamine groups is 1. The molecule has 1 N–H and O–H groups in total. The molecule has 2 rings (SSSR count). The van der Waals surface area contributed by atoms with Crippen LogP contribution in [0, 0.1) is 0 Å².